The number of benzene rings is 1. The van der Waals surface area contributed by atoms with E-state index in [-0.39, 0.29) is 5.91 Å². The second-order valence-corrected chi connectivity index (χ2v) is 6.89. The molecule has 3 heterocycles. The lowest BCUT2D eigenvalue weighted by Crippen LogP contribution is -2.15. The normalized spacial score (nSPS) is 10.9. The summed E-state index contributed by atoms with van der Waals surface area (Å²) in [5, 5.41) is 8.64. The molecule has 3 aromatic heterocycles. The van der Waals surface area contributed by atoms with Gasteiger partial charge in [-0.1, -0.05) is 6.07 Å². The summed E-state index contributed by atoms with van der Waals surface area (Å²) in [6, 6.07) is 7.42. The minimum atomic E-state index is -0.267. The number of hydrogen-bond acceptors (Lipinski definition) is 8. The Morgan fingerprint density at radius 2 is 2.21 bits per heavy atom. The molecule has 4 rings (SSSR count). The highest BCUT2D eigenvalue weighted by molar-refractivity contribution is 7.17. The highest BCUT2D eigenvalue weighted by Gasteiger charge is 2.17. The molecule has 0 atom stereocenters. The molecule has 0 aliphatic heterocycles. The Morgan fingerprint density at radius 3 is 3.04 bits per heavy atom. The second kappa shape index (κ2) is 7.75. The Kier molecular flexibility index (Phi) is 5.00. The molecule has 1 amide bonds. The van der Waals surface area contributed by atoms with E-state index in [9.17, 15) is 4.79 Å². The highest BCUT2D eigenvalue weighted by Crippen LogP contribution is 2.31. The Balaban J connectivity index is 1.67. The molecule has 4 N–H and O–H groups in total. The van der Waals surface area contributed by atoms with E-state index in [2.05, 4.69) is 25.6 Å². The average molecular weight is 394 g/mol. The highest BCUT2D eigenvalue weighted by atomic mass is 32.1. The maximum atomic E-state index is 12.9. The van der Waals surface area contributed by atoms with Gasteiger partial charge in [-0.3, -0.25) is 9.78 Å². The third kappa shape index (κ3) is 3.45. The zero-order valence-electron chi connectivity index (χ0n) is 15.1. The van der Waals surface area contributed by atoms with E-state index in [1.54, 1.807) is 30.9 Å². The Labute approximate surface area is 164 Å². The molecule has 0 saturated heterocycles. The maximum Gasteiger partial charge on any atom is 0.258 e. The monoisotopic (exact) mass is 394 g/mol. The fourth-order valence-electron chi connectivity index (χ4n) is 2.82. The zero-order valence-corrected chi connectivity index (χ0v) is 15.9. The summed E-state index contributed by atoms with van der Waals surface area (Å²) in [6.07, 6.45) is 3.42. The number of rotatable bonds is 6. The molecular formula is C19H18N6O2S. The van der Waals surface area contributed by atoms with Crippen molar-refractivity contribution in [2.75, 3.05) is 30.8 Å². The first-order valence-electron chi connectivity index (χ1n) is 8.62. The van der Waals surface area contributed by atoms with Gasteiger partial charge >= 0.3 is 0 Å². The Bertz CT molecular complexity index is 1160. The third-order valence-electron chi connectivity index (χ3n) is 4.16. The van der Waals surface area contributed by atoms with Crippen molar-refractivity contribution in [1.29, 1.82) is 0 Å². The molecule has 0 aliphatic carbocycles. The van der Waals surface area contributed by atoms with Crippen LogP contribution >= 0.6 is 11.3 Å². The minimum Gasteiger partial charge on any atom is -0.494 e. The quantitative estimate of drug-likeness (QED) is 0.460. The molecular weight excluding hydrogens is 376 g/mol. The molecule has 28 heavy (non-hydrogen) atoms. The van der Waals surface area contributed by atoms with Gasteiger partial charge < -0.3 is 21.1 Å². The van der Waals surface area contributed by atoms with E-state index in [4.69, 9.17) is 10.5 Å². The number of carbonyl (C=O) groups is 1. The van der Waals surface area contributed by atoms with Crippen LogP contribution in [0.15, 0.2) is 42.0 Å². The van der Waals surface area contributed by atoms with Crippen LogP contribution in [0.1, 0.15) is 10.4 Å². The van der Waals surface area contributed by atoms with Gasteiger partial charge in [0.25, 0.3) is 5.91 Å². The van der Waals surface area contributed by atoms with Crippen molar-refractivity contribution < 1.29 is 9.53 Å². The van der Waals surface area contributed by atoms with E-state index in [0.717, 1.165) is 15.6 Å². The van der Waals surface area contributed by atoms with Crippen molar-refractivity contribution >= 4 is 50.0 Å². The molecule has 0 fully saturated rings. The number of thiophene rings is 1. The number of anilines is 2. The first kappa shape index (κ1) is 18.1. The molecule has 9 heteroatoms. The van der Waals surface area contributed by atoms with Gasteiger partial charge in [-0.25, -0.2) is 9.97 Å². The van der Waals surface area contributed by atoms with Crippen molar-refractivity contribution in [3.63, 3.8) is 0 Å². The van der Waals surface area contributed by atoms with E-state index in [0.29, 0.717) is 41.6 Å². The number of carbonyl (C=O) groups excluding carboxylic acids is 1. The Morgan fingerprint density at radius 1 is 1.32 bits per heavy atom. The summed E-state index contributed by atoms with van der Waals surface area (Å²) < 4.78 is 6.25. The second-order valence-electron chi connectivity index (χ2n) is 5.97. The molecule has 8 nitrogen and oxygen atoms in total. The SMILES string of the molecule is COc1cc2ncccc2cc1NC(=O)c1csc2cnc(NCCN)nc12. The van der Waals surface area contributed by atoms with E-state index < -0.39 is 0 Å². The van der Waals surface area contributed by atoms with Crippen LogP contribution in [0.3, 0.4) is 0 Å². The van der Waals surface area contributed by atoms with E-state index in [1.807, 2.05) is 18.2 Å². The summed E-state index contributed by atoms with van der Waals surface area (Å²) in [5.74, 6) is 0.718. The number of pyridine rings is 1. The van der Waals surface area contributed by atoms with Crippen LogP contribution in [-0.4, -0.2) is 41.1 Å². The number of nitrogens with zero attached hydrogens (tertiary/aromatic N) is 3. The van der Waals surface area contributed by atoms with Crippen molar-refractivity contribution in [3.8, 4) is 5.75 Å². The standard InChI is InChI=1S/C19H18N6O2S/c1-27-15-8-13-11(3-2-5-21-13)7-14(15)24-18(26)12-10-28-16-9-23-19(22-6-4-20)25-17(12)16/h2-3,5,7-10H,4,6,20H2,1H3,(H,24,26)(H,22,23,25). The molecule has 0 saturated carbocycles. The van der Waals surface area contributed by atoms with Gasteiger partial charge in [0.05, 0.1) is 40.3 Å². The topological polar surface area (TPSA) is 115 Å². The first-order valence-corrected chi connectivity index (χ1v) is 9.50. The third-order valence-corrected chi connectivity index (χ3v) is 5.06. The number of aromatic nitrogens is 3. The van der Waals surface area contributed by atoms with E-state index >= 15 is 0 Å². The smallest absolute Gasteiger partial charge is 0.258 e. The lowest BCUT2D eigenvalue weighted by molar-refractivity contribution is 0.102. The predicted molar refractivity (Wildman–Crippen MR) is 111 cm³/mol. The largest absolute Gasteiger partial charge is 0.494 e. The molecule has 1 aromatic carbocycles. The van der Waals surface area contributed by atoms with Gasteiger partial charge in [0.15, 0.2) is 0 Å². The van der Waals surface area contributed by atoms with Crippen LogP contribution in [0.5, 0.6) is 5.75 Å². The van der Waals surface area contributed by atoms with Gasteiger partial charge in [0.1, 0.15) is 5.75 Å². The molecule has 0 unspecified atom stereocenters. The minimum absolute atomic E-state index is 0.267. The van der Waals surface area contributed by atoms with Crippen LogP contribution < -0.4 is 21.1 Å². The van der Waals surface area contributed by atoms with Crippen molar-refractivity contribution in [3.05, 3.63) is 47.6 Å². The van der Waals surface area contributed by atoms with Gasteiger partial charge in [-0.05, 0) is 12.1 Å². The molecule has 0 radical (unpaired) electrons. The Hall–Kier alpha value is -3.30. The molecule has 0 spiro atoms. The number of methoxy groups -OCH3 is 1. The molecule has 0 bridgehead atoms. The fourth-order valence-corrected chi connectivity index (χ4v) is 3.66. The maximum absolute atomic E-state index is 12.9. The summed E-state index contributed by atoms with van der Waals surface area (Å²) in [6.45, 7) is 1.02. The van der Waals surface area contributed by atoms with Crippen LogP contribution in [0.4, 0.5) is 11.6 Å². The lowest BCUT2D eigenvalue weighted by atomic mass is 10.1. The van der Waals surface area contributed by atoms with Gasteiger partial charge in [-0.2, -0.15) is 0 Å². The van der Waals surface area contributed by atoms with Crippen LogP contribution in [0.2, 0.25) is 0 Å². The van der Waals surface area contributed by atoms with Crippen LogP contribution in [0.25, 0.3) is 21.1 Å². The number of hydrogen-bond donors (Lipinski definition) is 3. The average Bonchev–Trinajstić information content (AvgIpc) is 3.15. The fraction of sp³-hybridized carbons (Fsp3) is 0.158. The van der Waals surface area contributed by atoms with E-state index in [1.165, 1.54) is 11.3 Å². The first-order chi connectivity index (χ1) is 13.7. The van der Waals surface area contributed by atoms with Gasteiger partial charge in [0.2, 0.25) is 5.95 Å². The van der Waals surface area contributed by atoms with Gasteiger partial charge in [-0.15, -0.1) is 11.3 Å². The number of nitrogens with two attached hydrogens (primary N) is 1. The molecule has 142 valence electrons. The van der Waals surface area contributed by atoms with Crippen molar-refractivity contribution in [1.82, 2.24) is 15.0 Å². The van der Waals surface area contributed by atoms with Crippen LogP contribution in [-0.2, 0) is 0 Å². The summed E-state index contributed by atoms with van der Waals surface area (Å²) in [4.78, 5) is 25.9. The van der Waals surface area contributed by atoms with Crippen molar-refractivity contribution in [2.24, 2.45) is 5.73 Å². The number of fused-ring (bicyclic) bond motifs is 2. The van der Waals surface area contributed by atoms with Crippen molar-refractivity contribution in [2.45, 2.75) is 0 Å². The predicted octanol–water partition coefficient (Wildman–Crippen LogP) is 2.87. The number of ether oxygens (including phenoxy) is 1. The van der Waals surface area contributed by atoms with Crippen LogP contribution in [0, 0.1) is 0 Å². The summed E-state index contributed by atoms with van der Waals surface area (Å²) >= 11 is 1.42. The number of nitrogens with one attached hydrogen (secondary N) is 2. The lowest BCUT2D eigenvalue weighted by Gasteiger charge is -2.11. The van der Waals surface area contributed by atoms with Gasteiger partial charge in [0, 0.05) is 36.1 Å². The molecule has 0 aliphatic rings. The number of amides is 1. The zero-order chi connectivity index (χ0) is 19.5. The summed E-state index contributed by atoms with van der Waals surface area (Å²) in [7, 11) is 1.56. The summed E-state index contributed by atoms with van der Waals surface area (Å²) in [5.41, 5.74) is 7.94. The molecule has 4 aromatic rings.